The molecule has 0 aliphatic heterocycles. The molecule has 0 atom stereocenters. The van der Waals surface area contributed by atoms with Gasteiger partial charge in [-0.25, -0.2) is 9.37 Å². The Balaban J connectivity index is 1.66. The number of halogens is 2. The number of rotatable bonds is 4. The van der Waals surface area contributed by atoms with Crippen molar-refractivity contribution in [2.75, 3.05) is 0 Å². The highest BCUT2D eigenvalue weighted by Crippen LogP contribution is 2.17. The summed E-state index contributed by atoms with van der Waals surface area (Å²) in [6.07, 6.45) is 0. The topological polar surface area (TPSA) is 40.7 Å². The predicted molar refractivity (Wildman–Crippen MR) is 78.0 cm³/mol. The third-order valence-corrected chi connectivity index (χ3v) is 3.37. The quantitative estimate of drug-likeness (QED) is 0.770. The minimum atomic E-state index is -0.369. The van der Waals surface area contributed by atoms with E-state index in [0.717, 1.165) is 16.9 Å². The average Bonchev–Trinajstić information content (AvgIpc) is 2.86. The Morgan fingerprint density at radius 3 is 2.80 bits per heavy atom. The number of fused-ring (bicyclic) bond motifs is 1. The summed E-state index contributed by atoms with van der Waals surface area (Å²) in [5, 5.41) is 3.30. The first-order valence-corrected chi connectivity index (χ1v) is 6.69. The van der Waals surface area contributed by atoms with Crippen molar-refractivity contribution < 1.29 is 4.39 Å². The smallest absolute Gasteiger partial charge is 0.146 e. The first kappa shape index (κ1) is 13.1. The molecule has 2 aromatic carbocycles. The molecular formula is C15H13ClFN3. The molecule has 1 heterocycles. The molecule has 2 N–H and O–H groups in total. The molecule has 3 rings (SSSR count). The van der Waals surface area contributed by atoms with E-state index in [2.05, 4.69) is 15.3 Å². The maximum absolute atomic E-state index is 13.7. The normalized spacial score (nSPS) is 11.1. The van der Waals surface area contributed by atoms with Crippen molar-refractivity contribution in [3.8, 4) is 0 Å². The molecule has 0 spiro atoms. The number of aromatic nitrogens is 2. The Hall–Kier alpha value is -1.91. The van der Waals surface area contributed by atoms with Gasteiger partial charge in [-0.1, -0.05) is 35.9 Å². The summed E-state index contributed by atoms with van der Waals surface area (Å²) >= 11 is 5.74. The molecule has 0 aliphatic rings. The summed E-state index contributed by atoms with van der Waals surface area (Å²) in [6.45, 7) is 0.948. The molecule has 0 fully saturated rings. The summed E-state index contributed by atoms with van der Waals surface area (Å²) < 4.78 is 13.7. The van der Waals surface area contributed by atoms with E-state index in [-0.39, 0.29) is 10.8 Å². The monoisotopic (exact) mass is 289 g/mol. The second-order valence-corrected chi connectivity index (χ2v) is 4.92. The summed E-state index contributed by atoms with van der Waals surface area (Å²) in [7, 11) is 0. The first-order valence-electron chi connectivity index (χ1n) is 6.31. The predicted octanol–water partition coefficient (Wildman–Crippen LogP) is 3.65. The zero-order valence-electron chi connectivity index (χ0n) is 10.7. The Kier molecular flexibility index (Phi) is 3.67. The number of H-pyrrole nitrogens is 1. The number of hydrogen-bond acceptors (Lipinski definition) is 2. The van der Waals surface area contributed by atoms with E-state index in [4.69, 9.17) is 11.6 Å². The Morgan fingerprint density at radius 1 is 1.10 bits per heavy atom. The van der Waals surface area contributed by atoms with Gasteiger partial charge in [-0.15, -0.1) is 0 Å². The largest absolute Gasteiger partial charge is 0.341 e. The number of nitrogens with zero attached hydrogens (tertiary/aromatic N) is 1. The molecular weight excluding hydrogens is 277 g/mol. The van der Waals surface area contributed by atoms with Gasteiger partial charge in [0.1, 0.15) is 11.6 Å². The Bertz CT molecular complexity index is 706. The maximum atomic E-state index is 13.7. The fraction of sp³-hybridized carbons (Fsp3) is 0.133. The highest BCUT2D eigenvalue weighted by atomic mass is 35.5. The van der Waals surface area contributed by atoms with E-state index in [1.54, 1.807) is 18.2 Å². The van der Waals surface area contributed by atoms with Crippen molar-refractivity contribution in [1.82, 2.24) is 15.3 Å². The molecule has 0 saturated carbocycles. The summed E-state index contributed by atoms with van der Waals surface area (Å²) in [4.78, 5) is 7.66. The van der Waals surface area contributed by atoms with E-state index in [9.17, 15) is 4.39 Å². The first-order chi connectivity index (χ1) is 9.74. The van der Waals surface area contributed by atoms with Crippen LogP contribution in [0.2, 0.25) is 5.02 Å². The Labute approximate surface area is 120 Å². The fourth-order valence-electron chi connectivity index (χ4n) is 2.09. The fourth-order valence-corrected chi connectivity index (χ4v) is 2.28. The van der Waals surface area contributed by atoms with Crippen molar-refractivity contribution in [2.45, 2.75) is 13.1 Å². The molecule has 0 bridgehead atoms. The van der Waals surface area contributed by atoms with Crippen LogP contribution in [0.1, 0.15) is 11.4 Å². The zero-order valence-corrected chi connectivity index (χ0v) is 11.4. The highest BCUT2D eigenvalue weighted by Gasteiger charge is 2.06. The van der Waals surface area contributed by atoms with Crippen LogP contribution in [0.3, 0.4) is 0 Å². The van der Waals surface area contributed by atoms with E-state index in [0.29, 0.717) is 18.7 Å². The third-order valence-electron chi connectivity index (χ3n) is 3.08. The van der Waals surface area contributed by atoms with Crippen LogP contribution in [0.5, 0.6) is 0 Å². The highest BCUT2D eigenvalue weighted by molar-refractivity contribution is 6.30. The van der Waals surface area contributed by atoms with Crippen LogP contribution in [-0.2, 0) is 13.1 Å². The molecule has 0 amide bonds. The standard InChI is InChI=1S/C15H13ClFN3/c16-11-5-3-4-10(15(11)17)8-18-9-14-19-12-6-1-2-7-13(12)20-14/h1-7,18H,8-9H2,(H,19,20). The molecule has 0 saturated heterocycles. The van der Waals surface area contributed by atoms with Crippen molar-refractivity contribution in [3.05, 3.63) is 64.7 Å². The zero-order chi connectivity index (χ0) is 13.9. The van der Waals surface area contributed by atoms with Gasteiger partial charge in [0.2, 0.25) is 0 Å². The third kappa shape index (κ3) is 2.66. The second-order valence-electron chi connectivity index (χ2n) is 4.52. The van der Waals surface area contributed by atoms with Gasteiger partial charge in [0.05, 0.1) is 22.6 Å². The molecule has 3 nitrogen and oxygen atoms in total. The van der Waals surface area contributed by atoms with Gasteiger partial charge >= 0.3 is 0 Å². The minimum absolute atomic E-state index is 0.146. The van der Waals surface area contributed by atoms with Gasteiger partial charge in [0.25, 0.3) is 0 Å². The van der Waals surface area contributed by atoms with Crippen molar-refractivity contribution in [1.29, 1.82) is 0 Å². The lowest BCUT2D eigenvalue weighted by molar-refractivity contribution is 0.584. The van der Waals surface area contributed by atoms with Gasteiger partial charge in [-0.2, -0.15) is 0 Å². The van der Waals surface area contributed by atoms with E-state index in [1.165, 1.54) is 0 Å². The molecule has 3 aromatic rings. The van der Waals surface area contributed by atoms with E-state index < -0.39 is 0 Å². The van der Waals surface area contributed by atoms with Crippen LogP contribution in [0.25, 0.3) is 11.0 Å². The number of para-hydroxylation sites is 2. The maximum Gasteiger partial charge on any atom is 0.146 e. The summed E-state index contributed by atoms with van der Waals surface area (Å²) in [5.74, 6) is 0.458. The van der Waals surface area contributed by atoms with Gasteiger partial charge in [-0.05, 0) is 18.2 Å². The number of aromatic amines is 1. The van der Waals surface area contributed by atoms with Crippen molar-refractivity contribution >= 4 is 22.6 Å². The van der Waals surface area contributed by atoms with Crippen LogP contribution >= 0.6 is 11.6 Å². The average molecular weight is 290 g/mol. The molecule has 1 aromatic heterocycles. The molecule has 5 heteroatoms. The molecule has 102 valence electrons. The number of nitrogens with one attached hydrogen (secondary N) is 2. The Morgan fingerprint density at radius 2 is 1.95 bits per heavy atom. The second kappa shape index (κ2) is 5.61. The van der Waals surface area contributed by atoms with Gasteiger partial charge in [0, 0.05) is 12.1 Å². The number of benzene rings is 2. The molecule has 20 heavy (non-hydrogen) atoms. The van der Waals surface area contributed by atoms with Gasteiger partial charge < -0.3 is 10.3 Å². The van der Waals surface area contributed by atoms with E-state index >= 15 is 0 Å². The van der Waals surface area contributed by atoms with Gasteiger partial charge in [-0.3, -0.25) is 0 Å². The van der Waals surface area contributed by atoms with Crippen LogP contribution < -0.4 is 5.32 Å². The number of imidazole rings is 1. The summed E-state index contributed by atoms with van der Waals surface area (Å²) in [5.41, 5.74) is 2.48. The van der Waals surface area contributed by atoms with E-state index in [1.807, 2.05) is 24.3 Å². The van der Waals surface area contributed by atoms with Crippen LogP contribution in [0, 0.1) is 5.82 Å². The van der Waals surface area contributed by atoms with Crippen molar-refractivity contribution in [3.63, 3.8) is 0 Å². The molecule has 0 radical (unpaired) electrons. The van der Waals surface area contributed by atoms with Crippen LogP contribution in [-0.4, -0.2) is 9.97 Å². The van der Waals surface area contributed by atoms with Crippen LogP contribution in [0.15, 0.2) is 42.5 Å². The van der Waals surface area contributed by atoms with Crippen molar-refractivity contribution in [2.24, 2.45) is 0 Å². The number of hydrogen-bond donors (Lipinski definition) is 2. The lowest BCUT2D eigenvalue weighted by atomic mass is 10.2. The molecule has 0 unspecified atom stereocenters. The van der Waals surface area contributed by atoms with Gasteiger partial charge in [0.15, 0.2) is 0 Å². The SMILES string of the molecule is Fc1c(Cl)cccc1CNCc1nc2ccccc2[nH]1. The lowest BCUT2D eigenvalue weighted by Gasteiger charge is -2.05. The molecule has 0 aliphatic carbocycles. The van der Waals surface area contributed by atoms with Crippen LogP contribution in [0.4, 0.5) is 4.39 Å². The minimum Gasteiger partial charge on any atom is -0.341 e. The summed E-state index contributed by atoms with van der Waals surface area (Å²) in [6, 6.07) is 12.8. The lowest BCUT2D eigenvalue weighted by Crippen LogP contribution is -2.14.